The van der Waals surface area contributed by atoms with Crippen LogP contribution in [0.1, 0.15) is 5.56 Å². The van der Waals surface area contributed by atoms with Gasteiger partial charge in [0.2, 0.25) is 0 Å². The molecule has 0 unspecified atom stereocenters. The average molecular weight is 267 g/mol. The zero-order valence-corrected chi connectivity index (χ0v) is 10.8. The number of anilines is 2. The first kappa shape index (κ1) is 12.4. The zero-order chi connectivity index (χ0) is 13.3. The van der Waals surface area contributed by atoms with Gasteiger partial charge >= 0.3 is 0 Å². The van der Waals surface area contributed by atoms with Crippen LogP contribution >= 0.6 is 0 Å². The maximum Gasteiger partial charge on any atom is 0.266 e. The largest absolute Gasteiger partial charge is 0.397 e. The van der Waals surface area contributed by atoms with Gasteiger partial charge in [-0.25, -0.2) is 13.4 Å². The summed E-state index contributed by atoms with van der Waals surface area (Å²) in [4.78, 5) is 4.00. The second-order valence-electron chi connectivity index (χ2n) is 3.88. The molecule has 0 aliphatic rings. The highest BCUT2D eigenvalue weighted by Crippen LogP contribution is 2.17. The number of nitrogens with one attached hydrogen (secondary N) is 1. The molecule has 3 N–H and O–H groups in total. The van der Waals surface area contributed by atoms with E-state index in [9.17, 15) is 8.42 Å². The van der Waals surface area contributed by atoms with E-state index >= 15 is 0 Å². The molecule has 96 valence electrons. The van der Waals surface area contributed by atoms with Crippen LogP contribution in [0, 0.1) is 6.92 Å². The molecular formula is C10H13N5O2S. The van der Waals surface area contributed by atoms with Crippen molar-refractivity contribution in [2.45, 2.75) is 11.8 Å². The van der Waals surface area contributed by atoms with Gasteiger partial charge in [-0.2, -0.15) is 5.10 Å². The van der Waals surface area contributed by atoms with Gasteiger partial charge in [-0.1, -0.05) is 0 Å². The molecule has 0 radical (unpaired) electrons. The van der Waals surface area contributed by atoms with E-state index in [1.54, 1.807) is 20.0 Å². The van der Waals surface area contributed by atoms with Crippen molar-refractivity contribution in [3.63, 3.8) is 0 Å². The molecule has 2 heterocycles. The van der Waals surface area contributed by atoms with Gasteiger partial charge in [0.05, 0.1) is 18.1 Å². The number of nitrogens with zero attached hydrogens (tertiary/aromatic N) is 3. The van der Waals surface area contributed by atoms with Gasteiger partial charge in [-0.15, -0.1) is 0 Å². The highest BCUT2D eigenvalue weighted by molar-refractivity contribution is 7.92. The Morgan fingerprint density at radius 3 is 2.67 bits per heavy atom. The molecule has 0 saturated carbocycles. The second-order valence-corrected chi connectivity index (χ2v) is 5.56. The van der Waals surface area contributed by atoms with Gasteiger partial charge in [0.25, 0.3) is 10.0 Å². The van der Waals surface area contributed by atoms with E-state index in [0.29, 0.717) is 5.69 Å². The van der Waals surface area contributed by atoms with Crippen molar-refractivity contribution in [1.29, 1.82) is 0 Å². The smallest absolute Gasteiger partial charge is 0.266 e. The third-order valence-corrected chi connectivity index (χ3v) is 3.69. The third-order valence-electron chi connectivity index (χ3n) is 2.38. The molecule has 0 aromatic carbocycles. The fraction of sp³-hybridized carbons (Fsp3) is 0.200. The van der Waals surface area contributed by atoms with E-state index in [1.807, 2.05) is 0 Å². The van der Waals surface area contributed by atoms with Gasteiger partial charge < -0.3 is 5.73 Å². The molecular weight excluding hydrogens is 254 g/mol. The molecule has 2 rings (SSSR count). The van der Waals surface area contributed by atoms with E-state index in [1.165, 1.54) is 23.3 Å². The van der Waals surface area contributed by atoms with Crippen LogP contribution in [0.25, 0.3) is 0 Å². The van der Waals surface area contributed by atoms with Gasteiger partial charge in [0.1, 0.15) is 10.7 Å². The number of aromatic nitrogens is 3. The van der Waals surface area contributed by atoms with Crippen LogP contribution < -0.4 is 10.5 Å². The Bertz CT molecular complexity index is 677. The maximum absolute atomic E-state index is 12.0. The Labute approximate surface area is 105 Å². The molecule has 7 nitrogen and oxygen atoms in total. The lowest BCUT2D eigenvalue weighted by Gasteiger charge is -2.07. The summed E-state index contributed by atoms with van der Waals surface area (Å²) >= 11 is 0. The summed E-state index contributed by atoms with van der Waals surface area (Å²) in [7, 11) is -2.02. The van der Waals surface area contributed by atoms with Crippen LogP contribution in [0.2, 0.25) is 0 Å². The van der Waals surface area contributed by atoms with Crippen LogP contribution in [0.15, 0.2) is 29.6 Å². The first-order valence-electron chi connectivity index (χ1n) is 5.12. The standard InChI is InChI=1S/C10H13N5O2S/c1-7-3-10(12-5-9(7)11)14-18(16,17)8-4-13-15(2)6-8/h3-6H,11H2,1-2H3,(H,12,14). The van der Waals surface area contributed by atoms with Crippen LogP contribution in [-0.2, 0) is 17.1 Å². The maximum atomic E-state index is 12.0. The van der Waals surface area contributed by atoms with Crippen LogP contribution in [0.3, 0.4) is 0 Å². The summed E-state index contributed by atoms with van der Waals surface area (Å²) in [6.45, 7) is 1.78. The Morgan fingerprint density at radius 2 is 2.11 bits per heavy atom. The molecule has 2 aromatic heterocycles. The molecule has 0 spiro atoms. The SMILES string of the molecule is Cc1cc(NS(=O)(=O)c2cnn(C)c2)ncc1N. The van der Waals surface area contributed by atoms with Crippen molar-refractivity contribution in [2.24, 2.45) is 7.05 Å². The molecule has 0 atom stereocenters. The molecule has 8 heteroatoms. The van der Waals surface area contributed by atoms with E-state index in [0.717, 1.165) is 5.56 Å². The number of aryl methyl sites for hydroxylation is 2. The lowest BCUT2D eigenvalue weighted by Crippen LogP contribution is -2.13. The van der Waals surface area contributed by atoms with Crippen molar-refractivity contribution in [3.8, 4) is 0 Å². The minimum Gasteiger partial charge on any atom is -0.397 e. The summed E-state index contributed by atoms with van der Waals surface area (Å²) in [5.41, 5.74) is 6.89. The van der Waals surface area contributed by atoms with Crippen molar-refractivity contribution in [2.75, 3.05) is 10.5 Å². The van der Waals surface area contributed by atoms with E-state index in [-0.39, 0.29) is 10.7 Å². The summed E-state index contributed by atoms with van der Waals surface area (Å²) in [6.07, 6.45) is 4.09. The second kappa shape index (κ2) is 4.30. The minimum atomic E-state index is -3.66. The molecule has 0 fully saturated rings. The molecule has 0 saturated heterocycles. The van der Waals surface area contributed by atoms with Crippen molar-refractivity contribution >= 4 is 21.5 Å². The number of sulfonamides is 1. The Morgan fingerprint density at radius 1 is 1.39 bits per heavy atom. The summed E-state index contributed by atoms with van der Waals surface area (Å²) < 4.78 is 27.7. The van der Waals surface area contributed by atoms with Crippen molar-refractivity contribution in [1.82, 2.24) is 14.8 Å². The Balaban J connectivity index is 2.30. The Hall–Kier alpha value is -2.09. The molecule has 2 aromatic rings. The highest BCUT2D eigenvalue weighted by Gasteiger charge is 2.16. The monoisotopic (exact) mass is 267 g/mol. The molecule has 18 heavy (non-hydrogen) atoms. The third kappa shape index (κ3) is 2.43. The highest BCUT2D eigenvalue weighted by atomic mass is 32.2. The summed E-state index contributed by atoms with van der Waals surface area (Å²) in [6, 6.07) is 1.57. The topological polar surface area (TPSA) is 103 Å². The quantitative estimate of drug-likeness (QED) is 0.843. The van der Waals surface area contributed by atoms with E-state index < -0.39 is 10.0 Å². The first-order valence-corrected chi connectivity index (χ1v) is 6.60. The number of nitrogen functional groups attached to an aromatic ring is 1. The molecule has 0 aliphatic carbocycles. The minimum absolute atomic E-state index is 0.0845. The predicted octanol–water partition coefficient (Wildman–Crippen LogP) is 0.507. The number of hydrogen-bond acceptors (Lipinski definition) is 5. The number of rotatable bonds is 3. The van der Waals surface area contributed by atoms with Crippen molar-refractivity contribution < 1.29 is 8.42 Å². The average Bonchev–Trinajstić information content (AvgIpc) is 2.71. The number of pyridine rings is 1. The van der Waals surface area contributed by atoms with E-state index in [2.05, 4.69) is 14.8 Å². The van der Waals surface area contributed by atoms with Gasteiger partial charge in [0, 0.05) is 13.2 Å². The fourth-order valence-electron chi connectivity index (χ4n) is 1.36. The van der Waals surface area contributed by atoms with Crippen LogP contribution in [-0.4, -0.2) is 23.2 Å². The lowest BCUT2D eigenvalue weighted by molar-refractivity contribution is 0.601. The van der Waals surface area contributed by atoms with Gasteiger partial charge in [-0.05, 0) is 18.6 Å². The first-order chi connectivity index (χ1) is 8.38. The van der Waals surface area contributed by atoms with Gasteiger partial charge in [0.15, 0.2) is 0 Å². The van der Waals surface area contributed by atoms with Crippen LogP contribution in [0.5, 0.6) is 0 Å². The summed E-state index contributed by atoms with van der Waals surface area (Å²) in [5, 5.41) is 3.81. The number of hydrogen-bond donors (Lipinski definition) is 2. The normalized spacial score (nSPS) is 11.4. The molecule has 0 aliphatic heterocycles. The molecule has 0 bridgehead atoms. The summed E-state index contributed by atoms with van der Waals surface area (Å²) in [5.74, 6) is 0.227. The van der Waals surface area contributed by atoms with Gasteiger partial charge in [-0.3, -0.25) is 9.40 Å². The Kier molecular flexibility index (Phi) is 2.95. The predicted molar refractivity (Wildman–Crippen MR) is 67.4 cm³/mol. The molecule has 0 amide bonds. The van der Waals surface area contributed by atoms with Crippen LogP contribution in [0.4, 0.5) is 11.5 Å². The fourth-order valence-corrected chi connectivity index (χ4v) is 2.34. The number of nitrogens with two attached hydrogens (primary N) is 1. The van der Waals surface area contributed by atoms with Crippen molar-refractivity contribution in [3.05, 3.63) is 30.2 Å². The lowest BCUT2D eigenvalue weighted by atomic mass is 10.2. The van der Waals surface area contributed by atoms with E-state index in [4.69, 9.17) is 5.73 Å². The zero-order valence-electron chi connectivity index (χ0n) is 9.95.